The van der Waals surface area contributed by atoms with Crippen molar-refractivity contribution in [2.45, 2.75) is 50.3 Å². The molecule has 3 N–H and O–H groups in total. The Balaban J connectivity index is 1.68. The van der Waals surface area contributed by atoms with Gasteiger partial charge in [0.15, 0.2) is 0 Å². The van der Waals surface area contributed by atoms with Crippen molar-refractivity contribution in [1.82, 2.24) is 0 Å². The molecule has 0 saturated heterocycles. The molecule has 0 heterocycles. The van der Waals surface area contributed by atoms with Crippen LogP contribution in [0.3, 0.4) is 0 Å². The summed E-state index contributed by atoms with van der Waals surface area (Å²) in [7, 11) is 0. The number of aliphatic hydroxyl groups excluding tert-OH is 1. The maximum atomic E-state index is 12.3. The van der Waals surface area contributed by atoms with Crippen molar-refractivity contribution in [1.29, 1.82) is 0 Å². The van der Waals surface area contributed by atoms with E-state index in [1.807, 2.05) is 0 Å². The summed E-state index contributed by atoms with van der Waals surface area (Å²) in [6.45, 7) is 0. The average molecular weight is 322 g/mol. The van der Waals surface area contributed by atoms with Gasteiger partial charge in [-0.3, -0.25) is 4.79 Å². The second kappa shape index (κ2) is 4.77. The Morgan fingerprint density at radius 3 is 2.27 bits per heavy atom. The van der Waals surface area contributed by atoms with Crippen LogP contribution in [0, 0.1) is 28.6 Å². The van der Waals surface area contributed by atoms with Crippen molar-refractivity contribution in [3.63, 3.8) is 0 Å². The highest BCUT2D eigenvalue weighted by Crippen LogP contribution is 2.64. The van der Waals surface area contributed by atoms with Crippen LogP contribution < -0.4 is 5.73 Å². The van der Waals surface area contributed by atoms with Crippen molar-refractivity contribution < 1.29 is 9.90 Å². The van der Waals surface area contributed by atoms with Crippen LogP contribution >= 0.6 is 11.6 Å². The lowest BCUT2D eigenvalue weighted by molar-refractivity contribution is -0.131. The number of allylic oxidation sites excluding steroid dienone is 2. The summed E-state index contributed by atoms with van der Waals surface area (Å²) >= 11 is 6.50. The van der Waals surface area contributed by atoms with E-state index in [2.05, 4.69) is 0 Å². The molecule has 5 aliphatic carbocycles. The summed E-state index contributed by atoms with van der Waals surface area (Å²) in [4.78, 5) is 12.3. The molecule has 0 aromatic heterocycles. The number of carbonyl (C=O) groups is 1. The minimum Gasteiger partial charge on any atom is -0.508 e. The normalized spacial score (nSPS) is 49.2. The molecule has 3 nitrogen and oxygen atoms in total. The summed E-state index contributed by atoms with van der Waals surface area (Å²) in [5, 5.41) is 9.47. The number of hydrogen-bond donors (Lipinski definition) is 2. The molecule has 5 rings (SSSR count). The topological polar surface area (TPSA) is 63.3 Å². The first kappa shape index (κ1) is 14.6. The van der Waals surface area contributed by atoms with Crippen LogP contribution in [0.15, 0.2) is 24.0 Å². The molecule has 0 aromatic rings. The second-order valence-electron chi connectivity index (χ2n) is 8.33. The van der Waals surface area contributed by atoms with Crippen molar-refractivity contribution in [2.24, 2.45) is 34.3 Å². The molecule has 5 aliphatic rings. The van der Waals surface area contributed by atoms with E-state index in [1.165, 1.54) is 38.5 Å². The van der Waals surface area contributed by atoms with Crippen molar-refractivity contribution in [3.05, 3.63) is 24.0 Å². The predicted molar refractivity (Wildman–Crippen MR) is 86.3 cm³/mol. The Labute approximate surface area is 136 Å². The first-order valence-electron chi connectivity index (χ1n) is 8.45. The third-order valence-electron chi connectivity index (χ3n) is 6.62. The van der Waals surface area contributed by atoms with E-state index in [4.69, 9.17) is 17.3 Å². The molecular weight excluding hydrogens is 298 g/mol. The zero-order chi connectivity index (χ0) is 15.5. The van der Waals surface area contributed by atoms with Gasteiger partial charge in [-0.1, -0.05) is 6.08 Å². The van der Waals surface area contributed by atoms with Crippen molar-refractivity contribution in [2.75, 3.05) is 0 Å². The summed E-state index contributed by atoms with van der Waals surface area (Å²) in [5.74, 6) is 2.17. The number of amides is 1. The van der Waals surface area contributed by atoms with E-state index in [1.54, 1.807) is 18.2 Å². The molecule has 0 aromatic carbocycles. The van der Waals surface area contributed by atoms with E-state index in [9.17, 15) is 9.90 Å². The van der Waals surface area contributed by atoms with Crippen LogP contribution in [-0.4, -0.2) is 16.4 Å². The van der Waals surface area contributed by atoms with E-state index < -0.39 is 16.7 Å². The number of carbonyl (C=O) groups excluding carboxylic acids is 1. The lowest BCUT2D eigenvalue weighted by atomic mass is 9.46. The van der Waals surface area contributed by atoms with Crippen LogP contribution in [0.5, 0.6) is 0 Å². The van der Waals surface area contributed by atoms with Gasteiger partial charge in [0.05, 0.1) is 10.8 Å². The molecule has 1 amide bonds. The molecule has 0 radical (unpaired) electrons. The number of rotatable bonds is 3. The summed E-state index contributed by atoms with van der Waals surface area (Å²) < 4.78 is 0. The maximum Gasteiger partial charge on any atom is 0.229 e. The fourth-order valence-corrected chi connectivity index (χ4v) is 6.64. The van der Waals surface area contributed by atoms with Crippen molar-refractivity contribution in [3.8, 4) is 0 Å². The first-order valence-corrected chi connectivity index (χ1v) is 8.88. The monoisotopic (exact) mass is 321 g/mol. The van der Waals surface area contributed by atoms with Crippen molar-refractivity contribution >= 4 is 17.5 Å². The highest BCUT2D eigenvalue weighted by atomic mass is 35.5. The molecule has 2 atom stereocenters. The van der Waals surface area contributed by atoms with Gasteiger partial charge in [0.1, 0.15) is 5.76 Å². The summed E-state index contributed by atoms with van der Waals surface area (Å²) in [5.41, 5.74) is 5.03. The fraction of sp³-hybridized carbons (Fsp3) is 0.722. The molecule has 120 valence electrons. The minimum absolute atomic E-state index is 0.112. The van der Waals surface area contributed by atoms with Gasteiger partial charge in [0, 0.05) is 0 Å². The molecule has 2 unspecified atom stereocenters. The largest absolute Gasteiger partial charge is 0.508 e. The Kier molecular flexibility index (Phi) is 3.17. The quantitative estimate of drug-likeness (QED) is 0.779. The van der Waals surface area contributed by atoms with E-state index >= 15 is 0 Å². The summed E-state index contributed by atoms with van der Waals surface area (Å²) in [6.07, 6.45) is 13.3. The number of aliphatic hydroxyl groups is 1. The second-order valence-corrected chi connectivity index (χ2v) is 8.80. The van der Waals surface area contributed by atoms with Crippen LogP contribution in [0.4, 0.5) is 0 Å². The van der Waals surface area contributed by atoms with Crippen LogP contribution in [0.25, 0.3) is 0 Å². The van der Waals surface area contributed by atoms with Gasteiger partial charge in [-0.05, 0) is 80.3 Å². The lowest BCUT2D eigenvalue weighted by Gasteiger charge is -2.59. The maximum absolute atomic E-state index is 12.3. The molecule has 4 heteroatoms. The number of nitrogens with two attached hydrogens (primary N) is 1. The molecule has 0 spiro atoms. The van der Waals surface area contributed by atoms with E-state index in [0.717, 1.165) is 17.8 Å². The predicted octanol–water partition coefficient (Wildman–Crippen LogP) is 3.68. The van der Waals surface area contributed by atoms with Gasteiger partial charge in [-0.25, -0.2) is 0 Å². The number of hydrogen-bond acceptors (Lipinski definition) is 2. The number of primary amides is 1. The van der Waals surface area contributed by atoms with Gasteiger partial charge >= 0.3 is 0 Å². The minimum atomic E-state index is -0.938. The SMILES string of the molecule is NC(=O)C1(CC23CC4CC(CC(C4)C2)C3)C=C(O)C=CC1Cl. The molecule has 4 bridgehead atoms. The Hall–Kier alpha value is -0.960. The Morgan fingerprint density at radius 2 is 1.77 bits per heavy atom. The number of alkyl halides is 1. The van der Waals surface area contributed by atoms with E-state index in [0.29, 0.717) is 6.42 Å². The molecule has 22 heavy (non-hydrogen) atoms. The standard InChI is InChI=1S/C18H24ClNO2/c19-15-2-1-14(21)9-18(15,16(20)22)10-17-6-11-3-12(7-17)5-13(4-11)8-17/h1-2,9,11-13,15,21H,3-8,10H2,(H2,20,22). The highest BCUT2D eigenvalue weighted by Gasteiger charge is 2.56. The average Bonchev–Trinajstić information content (AvgIpc) is 2.40. The first-order chi connectivity index (χ1) is 10.4. The summed E-state index contributed by atoms with van der Waals surface area (Å²) in [6, 6.07) is 0. The smallest absolute Gasteiger partial charge is 0.229 e. The third kappa shape index (κ3) is 2.12. The third-order valence-corrected chi connectivity index (χ3v) is 7.16. The molecular formula is C18H24ClNO2. The van der Waals surface area contributed by atoms with E-state index in [-0.39, 0.29) is 11.2 Å². The van der Waals surface area contributed by atoms with Gasteiger partial charge in [-0.2, -0.15) is 0 Å². The molecule has 0 aliphatic heterocycles. The fourth-order valence-electron chi connectivity index (χ4n) is 6.32. The van der Waals surface area contributed by atoms with Gasteiger partial charge < -0.3 is 10.8 Å². The molecule has 4 fully saturated rings. The zero-order valence-electron chi connectivity index (χ0n) is 12.8. The van der Waals surface area contributed by atoms with Gasteiger partial charge in [-0.15, -0.1) is 11.6 Å². The van der Waals surface area contributed by atoms with Gasteiger partial charge in [0.2, 0.25) is 5.91 Å². The lowest BCUT2D eigenvalue weighted by Crippen LogP contribution is -2.52. The number of halogens is 1. The Morgan fingerprint density at radius 1 is 1.23 bits per heavy atom. The highest BCUT2D eigenvalue weighted by molar-refractivity contribution is 6.24. The molecule has 4 saturated carbocycles. The van der Waals surface area contributed by atoms with Crippen LogP contribution in [0.1, 0.15) is 44.9 Å². The zero-order valence-corrected chi connectivity index (χ0v) is 13.6. The van der Waals surface area contributed by atoms with Gasteiger partial charge in [0.25, 0.3) is 0 Å². The van der Waals surface area contributed by atoms with Crippen LogP contribution in [-0.2, 0) is 4.79 Å². The van der Waals surface area contributed by atoms with Crippen LogP contribution in [0.2, 0.25) is 0 Å². The Bertz CT molecular complexity index is 532.